The maximum atomic E-state index is 13.5. The first kappa shape index (κ1) is 19.6. The first-order valence-corrected chi connectivity index (χ1v) is 9.60. The average molecular weight is 379 g/mol. The number of esters is 1. The Balaban J connectivity index is 1.98. The van der Waals surface area contributed by atoms with Crippen LogP contribution in [0.3, 0.4) is 0 Å². The molecule has 0 fully saturated rings. The standard InChI is InChI=1S/C18H18FNO5S/c1-12(25-17(21)11-14-5-3-4-6-16(14)19)18(22)13-7-9-15(10-8-13)20-26(2,23)24/h3-10,12,20H,11H2,1-2H3. The molecule has 0 spiro atoms. The normalized spacial score (nSPS) is 12.3. The van der Waals surface area contributed by atoms with Crippen LogP contribution in [0, 0.1) is 5.82 Å². The van der Waals surface area contributed by atoms with Gasteiger partial charge in [0.15, 0.2) is 6.10 Å². The van der Waals surface area contributed by atoms with E-state index in [1.807, 2.05) is 0 Å². The molecule has 1 N–H and O–H groups in total. The minimum Gasteiger partial charge on any atom is -0.454 e. The molecule has 0 saturated carbocycles. The summed E-state index contributed by atoms with van der Waals surface area (Å²) in [5.74, 6) is -1.68. The summed E-state index contributed by atoms with van der Waals surface area (Å²) in [6.45, 7) is 1.42. The predicted molar refractivity (Wildman–Crippen MR) is 94.9 cm³/mol. The van der Waals surface area contributed by atoms with Crippen LogP contribution in [0.15, 0.2) is 48.5 Å². The number of hydrogen-bond acceptors (Lipinski definition) is 5. The average Bonchev–Trinajstić information content (AvgIpc) is 2.55. The van der Waals surface area contributed by atoms with Gasteiger partial charge in [-0.25, -0.2) is 12.8 Å². The molecule has 0 heterocycles. The van der Waals surface area contributed by atoms with Crippen LogP contribution >= 0.6 is 0 Å². The molecule has 0 bridgehead atoms. The van der Waals surface area contributed by atoms with Crippen molar-refractivity contribution in [1.82, 2.24) is 0 Å². The van der Waals surface area contributed by atoms with Crippen molar-refractivity contribution in [3.05, 3.63) is 65.5 Å². The molecular weight excluding hydrogens is 361 g/mol. The number of hydrogen-bond donors (Lipinski definition) is 1. The minimum absolute atomic E-state index is 0.188. The number of nitrogens with one attached hydrogen (secondary N) is 1. The van der Waals surface area contributed by atoms with Crippen LogP contribution in [0.25, 0.3) is 0 Å². The number of benzene rings is 2. The third kappa shape index (κ3) is 5.66. The Kier molecular flexibility index (Phi) is 6.10. The van der Waals surface area contributed by atoms with E-state index in [0.717, 1.165) is 6.26 Å². The molecule has 0 aliphatic rings. The molecule has 1 unspecified atom stereocenters. The smallest absolute Gasteiger partial charge is 0.311 e. The molecule has 0 saturated heterocycles. The van der Waals surface area contributed by atoms with E-state index in [2.05, 4.69) is 4.72 Å². The van der Waals surface area contributed by atoms with Gasteiger partial charge >= 0.3 is 5.97 Å². The predicted octanol–water partition coefficient (Wildman–Crippen LogP) is 2.55. The summed E-state index contributed by atoms with van der Waals surface area (Å²) in [5, 5.41) is 0. The molecule has 138 valence electrons. The van der Waals surface area contributed by atoms with Crippen molar-refractivity contribution < 1.29 is 27.1 Å². The zero-order chi connectivity index (χ0) is 19.3. The monoisotopic (exact) mass is 379 g/mol. The maximum absolute atomic E-state index is 13.5. The zero-order valence-electron chi connectivity index (χ0n) is 14.2. The van der Waals surface area contributed by atoms with Gasteiger partial charge < -0.3 is 4.74 Å². The number of rotatable bonds is 7. The van der Waals surface area contributed by atoms with Crippen molar-refractivity contribution in [1.29, 1.82) is 0 Å². The Morgan fingerprint density at radius 3 is 2.31 bits per heavy atom. The Morgan fingerprint density at radius 2 is 1.73 bits per heavy atom. The number of halogens is 1. The van der Waals surface area contributed by atoms with Crippen molar-refractivity contribution >= 4 is 27.5 Å². The summed E-state index contributed by atoms with van der Waals surface area (Å²) < 4.78 is 43.2. The van der Waals surface area contributed by atoms with E-state index in [1.165, 1.54) is 49.4 Å². The van der Waals surface area contributed by atoms with Gasteiger partial charge in [0.1, 0.15) is 5.82 Å². The lowest BCUT2D eigenvalue weighted by atomic mass is 10.1. The second kappa shape index (κ2) is 8.09. The van der Waals surface area contributed by atoms with Gasteiger partial charge in [-0.1, -0.05) is 18.2 Å². The van der Waals surface area contributed by atoms with E-state index < -0.39 is 33.7 Å². The highest BCUT2D eigenvalue weighted by Crippen LogP contribution is 2.14. The highest BCUT2D eigenvalue weighted by Gasteiger charge is 2.20. The fourth-order valence-electron chi connectivity index (χ4n) is 2.24. The Hall–Kier alpha value is -2.74. The molecule has 2 rings (SSSR count). The molecule has 6 nitrogen and oxygen atoms in total. The highest BCUT2D eigenvalue weighted by atomic mass is 32.2. The molecule has 0 aliphatic heterocycles. The topological polar surface area (TPSA) is 89.5 Å². The molecule has 0 aliphatic carbocycles. The summed E-state index contributed by atoms with van der Waals surface area (Å²) in [6, 6.07) is 11.5. The van der Waals surface area contributed by atoms with Crippen molar-refractivity contribution in [2.75, 3.05) is 11.0 Å². The third-order valence-corrected chi connectivity index (χ3v) is 4.05. The lowest BCUT2D eigenvalue weighted by Crippen LogP contribution is -2.25. The number of Topliss-reactive ketones (excluding diaryl/α,β-unsaturated/α-hetero) is 1. The maximum Gasteiger partial charge on any atom is 0.311 e. The first-order chi connectivity index (χ1) is 12.2. The second-order valence-electron chi connectivity index (χ2n) is 5.72. The van der Waals surface area contributed by atoms with E-state index in [9.17, 15) is 22.4 Å². The van der Waals surface area contributed by atoms with Crippen LogP contribution in [0.4, 0.5) is 10.1 Å². The Bertz CT molecular complexity index is 909. The van der Waals surface area contributed by atoms with Crippen LogP contribution in [-0.4, -0.2) is 32.5 Å². The number of ketones is 1. The minimum atomic E-state index is -3.41. The second-order valence-corrected chi connectivity index (χ2v) is 7.46. The van der Waals surface area contributed by atoms with Gasteiger partial charge in [-0.15, -0.1) is 0 Å². The molecule has 0 amide bonds. The molecule has 1 atom stereocenters. The van der Waals surface area contributed by atoms with Crippen molar-refractivity contribution in [3.8, 4) is 0 Å². The molecule has 8 heteroatoms. The first-order valence-electron chi connectivity index (χ1n) is 7.70. The summed E-state index contributed by atoms with van der Waals surface area (Å²) in [7, 11) is -3.41. The Morgan fingerprint density at radius 1 is 1.12 bits per heavy atom. The largest absolute Gasteiger partial charge is 0.454 e. The van der Waals surface area contributed by atoms with Gasteiger partial charge in [0.2, 0.25) is 15.8 Å². The SMILES string of the molecule is CC(OC(=O)Cc1ccccc1F)C(=O)c1ccc(NS(C)(=O)=O)cc1. The molecular formula is C18H18FNO5S. The van der Waals surface area contributed by atoms with Crippen molar-refractivity contribution in [2.45, 2.75) is 19.4 Å². The van der Waals surface area contributed by atoms with E-state index in [-0.39, 0.29) is 17.5 Å². The number of carbonyl (C=O) groups is 2. The molecule has 0 radical (unpaired) electrons. The zero-order valence-corrected chi connectivity index (χ0v) is 15.0. The van der Waals surface area contributed by atoms with Gasteiger partial charge in [-0.3, -0.25) is 14.3 Å². The van der Waals surface area contributed by atoms with Crippen molar-refractivity contribution in [2.24, 2.45) is 0 Å². The number of anilines is 1. The van der Waals surface area contributed by atoms with Gasteiger partial charge in [0, 0.05) is 11.3 Å². The van der Waals surface area contributed by atoms with Crippen LogP contribution in [0.5, 0.6) is 0 Å². The molecule has 0 aromatic heterocycles. The summed E-state index contributed by atoms with van der Waals surface area (Å²) in [5.41, 5.74) is 0.761. The number of sulfonamides is 1. The highest BCUT2D eigenvalue weighted by molar-refractivity contribution is 7.92. The van der Waals surface area contributed by atoms with Gasteiger partial charge in [0.05, 0.1) is 12.7 Å². The number of ether oxygens (including phenoxy) is 1. The van der Waals surface area contributed by atoms with Gasteiger partial charge in [0.25, 0.3) is 0 Å². The van der Waals surface area contributed by atoms with E-state index in [0.29, 0.717) is 5.69 Å². The van der Waals surface area contributed by atoms with Crippen molar-refractivity contribution in [3.63, 3.8) is 0 Å². The van der Waals surface area contributed by atoms with E-state index >= 15 is 0 Å². The van der Waals surface area contributed by atoms with Crippen LogP contribution in [0.1, 0.15) is 22.8 Å². The van der Waals surface area contributed by atoms with Gasteiger partial charge in [-0.2, -0.15) is 0 Å². The fraction of sp³-hybridized carbons (Fsp3) is 0.222. The summed E-state index contributed by atoms with van der Waals surface area (Å²) in [6.07, 6.45) is -0.312. The molecule has 26 heavy (non-hydrogen) atoms. The summed E-state index contributed by atoms with van der Waals surface area (Å²) in [4.78, 5) is 24.2. The third-order valence-electron chi connectivity index (χ3n) is 3.44. The lowest BCUT2D eigenvalue weighted by Gasteiger charge is -2.13. The van der Waals surface area contributed by atoms with E-state index in [4.69, 9.17) is 4.74 Å². The molecule has 2 aromatic carbocycles. The number of carbonyl (C=O) groups excluding carboxylic acids is 2. The van der Waals surface area contributed by atoms with Crippen LogP contribution in [0.2, 0.25) is 0 Å². The quantitative estimate of drug-likeness (QED) is 0.590. The lowest BCUT2D eigenvalue weighted by molar-refractivity contribution is -0.145. The molecule has 2 aromatic rings. The Labute approximate surface area is 151 Å². The summed E-state index contributed by atoms with van der Waals surface area (Å²) >= 11 is 0. The fourth-order valence-corrected chi connectivity index (χ4v) is 2.81. The van der Waals surface area contributed by atoms with E-state index in [1.54, 1.807) is 6.07 Å². The van der Waals surface area contributed by atoms with Gasteiger partial charge in [-0.05, 0) is 42.8 Å². The van der Waals surface area contributed by atoms with Crippen LogP contribution < -0.4 is 4.72 Å². The van der Waals surface area contributed by atoms with Crippen LogP contribution in [-0.2, 0) is 26.0 Å².